The molecule has 0 saturated heterocycles. The predicted molar refractivity (Wildman–Crippen MR) is 146 cm³/mol. The monoisotopic (exact) mass is 516 g/mol. The van der Waals surface area contributed by atoms with Crippen LogP contribution in [0.15, 0.2) is 87.5 Å². The smallest absolute Gasteiger partial charge is 0.166 e. The zero-order valence-corrected chi connectivity index (χ0v) is 23.4. The van der Waals surface area contributed by atoms with E-state index in [0.29, 0.717) is 6.26 Å². The lowest BCUT2D eigenvalue weighted by atomic mass is 10.2. The molecule has 190 valence electrons. The first-order valence-corrected chi connectivity index (χ1v) is 14.2. The second kappa shape index (κ2) is 11.8. The predicted octanol–water partition coefficient (Wildman–Crippen LogP) is 5.25. The van der Waals surface area contributed by atoms with E-state index in [1.54, 1.807) is 0 Å². The third kappa shape index (κ3) is 9.84. The molecular weight excluding hydrogens is 480 g/mol. The van der Waals surface area contributed by atoms with Crippen molar-refractivity contribution in [2.75, 3.05) is 44.2 Å². The maximum Gasteiger partial charge on any atom is 0.166 e. The molecule has 35 heavy (non-hydrogen) atoms. The van der Waals surface area contributed by atoms with Gasteiger partial charge in [-0.05, 0) is 93.6 Å². The first-order chi connectivity index (χ1) is 16.1. The van der Waals surface area contributed by atoms with Crippen LogP contribution in [0.5, 0.6) is 5.75 Å². The van der Waals surface area contributed by atoms with Crippen molar-refractivity contribution >= 4 is 32.4 Å². The highest BCUT2D eigenvalue weighted by atomic mass is 32.2. The number of rotatable bonds is 6. The molecule has 3 aromatic carbocycles. The Morgan fingerprint density at radius 2 is 0.971 bits per heavy atom. The van der Waals surface area contributed by atoms with Crippen LogP contribution in [0.3, 0.4) is 0 Å². The Labute approximate surface area is 213 Å². The van der Waals surface area contributed by atoms with Crippen LogP contribution in [0, 0.1) is 0 Å². The molecule has 0 amide bonds. The lowest BCUT2D eigenvalue weighted by Gasteiger charge is -2.21. The summed E-state index contributed by atoms with van der Waals surface area (Å²) in [5.41, 5.74) is 2.21. The maximum atomic E-state index is 9.08. The summed E-state index contributed by atoms with van der Waals surface area (Å²) < 4.78 is 33.3. The van der Waals surface area contributed by atoms with Crippen LogP contribution in [-0.4, -0.2) is 53.0 Å². The molecule has 0 aliphatic carbocycles. The van der Waals surface area contributed by atoms with Gasteiger partial charge in [-0.3, -0.25) is 0 Å². The van der Waals surface area contributed by atoms with Crippen LogP contribution in [0.2, 0.25) is 0 Å². The SMILES string of the molecule is CN(C)c1ccc([S+](c2ccc(OC(C)(C)C)cc2)c2ccc(N(C)C)cc2)cc1.CS(=O)(=O)[O-]. The largest absolute Gasteiger partial charge is 0.748 e. The molecular formula is C27H36N2O4S2. The molecule has 0 radical (unpaired) electrons. The van der Waals surface area contributed by atoms with Gasteiger partial charge in [-0.2, -0.15) is 0 Å². The lowest BCUT2D eigenvalue weighted by molar-refractivity contribution is 0.131. The van der Waals surface area contributed by atoms with E-state index in [1.807, 2.05) is 0 Å². The van der Waals surface area contributed by atoms with Crippen LogP contribution in [0.25, 0.3) is 0 Å². The minimum atomic E-state index is -3.92. The number of benzene rings is 3. The van der Waals surface area contributed by atoms with E-state index >= 15 is 0 Å². The van der Waals surface area contributed by atoms with Gasteiger partial charge in [0.05, 0.1) is 21.0 Å². The normalized spacial score (nSPS) is 11.5. The Bertz CT molecular complexity index is 1110. The van der Waals surface area contributed by atoms with E-state index in [2.05, 4.69) is 132 Å². The van der Waals surface area contributed by atoms with Gasteiger partial charge in [0.1, 0.15) is 11.4 Å². The van der Waals surface area contributed by atoms with Crippen molar-refractivity contribution in [1.29, 1.82) is 0 Å². The Hall–Kier alpha value is -2.68. The topological polar surface area (TPSA) is 72.9 Å². The molecule has 0 unspecified atom stereocenters. The molecule has 8 heteroatoms. The van der Waals surface area contributed by atoms with Gasteiger partial charge in [-0.15, -0.1) is 0 Å². The maximum absolute atomic E-state index is 9.08. The average Bonchev–Trinajstić information content (AvgIpc) is 2.74. The molecule has 0 aliphatic heterocycles. The van der Waals surface area contributed by atoms with Crippen LogP contribution in [0.1, 0.15) is 20.8 Å². The molecule has 0 aromatic heterocycles. The summed E-state index contributed by atoms with van der Waals surface area (Å²) in [5.74, 6) is 0.903. The molecule has 0 heterocycles. The van der Waals surface area contributed by atoms with E-state index in [4.69, 9.17) is 17.7 Å². The van der Waals surface area contributed by atoms with Gasteiger partial charge in [0.15, 0.2) is 14.7 Å². The van der Waals surface area contributed by atoms with Crippen molar-refractivity contribution in [3.05, 3.63) is 72.8 Å². The average molecular weight is 517 g/mol. The van der Waals surface area contributed by atoms with Crippen LogP contribution < -0.4 is 14.5 Å². The third-order valence-electron chi connectivity index (χ3n) is 4.66. The van der Waals surface area contributed by atoms with E-state index in [1.165, 1.54) is 26.1 Å². The summed E-state index contributed by atoms with van der Waals surface area (Å²) >= 11 is 0. The highest BCUT2D eigenvalue weighted by Gasteiger charge is 2.29. The first kappa shape index (κ1) is 28.6. The van der Waals surface area contributed by atoms with Crippen LogP contribution in [-0.2, 0) is 21.0 Å². The van der Waals surface area contributed by atoms with Gasteiger partial charge < -0.3 is 19.1 Å². The summed E-state index contributed by atoms with van der Waals surface area (Å²) in [6.07, 6.45) is 0.604. The number of ether oxygens (including phenoxy) is 1. The molecule has 0 saturated carbocycles. The molecule has 0 spiro atoms. The highest BCUT2D eigenvalue weighted by Crippen LogP contribution is 2.34. The van der Waals surface area contributed by atoms with Crippen molar-refractivity contribution < 1.29 is 17.7 Å². The highest BCUT2D eigenvalue weighted by molar-refractivity contribution is 7.97. The van der Waals surface area contributed by atoms with E-state index < -0.39 is 10.1 Å². The minimum Gasteiger partial charge on any atom is -0.748 e. The van der Waals surface area contributed by atoms with E-state index in [-0.39, 0.29) is 16.5 Å². The zero-order valence-electron chi connectivity index (χ0n) is 21.8. The Morgan fingerprint density at radius 3 is 1.23 bits per heavy atom. The molecule has 0 bridgehead atoms. The summed E-state index contributed by atoms with van der Waals surface area (Å²) in [7, 11) is 4.19. The van der Waals surface area contributed by atoms with Gasteiger partial charge in [0, 0.05) is 45.8 Å². The molecule has 0 atom stereocenters. The quantitative estimate of drug-likeness (QED) is 0.329. The van der Waals surface area contributed by atoms with Crippen LogP contribution in [0.4, 0.5) is 11.4 Å². The number of hydrogen-bond acceptors (Lipinski definition) is 6. The standard InChI is InChI=1S/C26H33N2OS.CH4O3S/c1-26(2,3)29-22-12-18-25(19-13-22)30(23-14-8-20(9-15-23)27(4)5)24-16-10-21(11-17-24)28(6)7;1-5(2,3)4/h8-19H,1-7H3;1H3,(H,2,3,4)/q+1;/p-1. The molecule has 3 aromatic rings. The fourth-order valence-corrected chi connectivity index (χ4v) is 5.21. The number of anilines is 2. The van der Waals surface area contributed by atoms with E-state index in [0.717, 1.165) is 5.75 Å². The summed E-state index contributed by atoms with van der Waals surface area (Å²) in [5, 5.41) is 0. The van der Waals surface area contributed by atoms with Crippen molar-refractivity contribution in [1.82, 2.24) is 0 Å². The van der Waals surface area contributed by atoms with Gasteiger partial charge in [0.25, 0.3) is 0 Å². The third-order valence-corrected chi connectivity index (χ3v) is 6.89. The summed E-state index contributed by atoms with van der Waals surface area (Å²) in [4.78, 5) is 8.16. The molecule has 0 N–H and O–H groups in total. The lowest BCUT2D eigenvalue weighted by Crippen LogP contribution is -2.22. The van der Waals surface area contributed by atoms with Gasteiger partial charge in [0.2, 0.25) is 0 Å². The van der Waals surface area contributed by atoms with Gasteiger partial charge >= 0.3 is 0 Å². The molecule has 0 fully saturated rings. The van der Waals surface area contributed by atoms with Crippen molar-refractivity contribution in [2.45, 2.75) is 41.1 Å². The van der Waals surface area contributed by atoms with Crippen LogP contribution >= 0.6 is 0 Å². The Balaban J connectivity index is 0.000000784. The van der Waals surface area contributed by atoms with E-state index in [9.17, 15) is 0 Å². The zero-order chi connectivity index (χ0) is 26.4. The first-order valence-electron chi connectivity index (χ1n) is 11.1. The summed E-state index contributed by atoms with van der Waals surface area (Å²) in [6, 6.07) is 26.3. The van der Waals surface area contributed by atoms with Crippen molar-refractivity contribution in [3.63, 3.8) is 0 Å². The Morgan fingerprint density at radius 1 is 0.686 bits per heavy atom. The van der Waals surface area contributed by atoms with Gasteiger partial charge in [-0.1, -0.05) is 0 Å². The molecule has 3 rings (SSSR count). The number of nitrogens with zero attached hydrogens (tertiary/aromatic N) is 2. The summed E-state index contributed by atoms with van der Waals surface area (Å²) in [6.45, 7) is 6.22. The van der Waals surface area contributed by atoms with Gasteiger partial charge in [-0.25, -0.2) is 8.42 Å². The van der Waals surface area contributed by atoms with Crippen molar-refractivity contribution in [2.24, 2.45) is 0 Å². The number of hydrogen-bond donors (Lipinski definition) is 0. The minimum absolute atomic E-state index is 0.182. The Kier molecular flexibility index (Phi) is 9.66. The fraction of sp³-hybridized carbons (Fsp3) is 0.333. The second-order valence-corrected chi connectivity index (χ2v) is 12.9. The second-order valence-electron chi connectivity index (χ2n) is 9.47. The van der Waals surface area contributed by atoms with Crippen molar-refractivity contribution in [3.8, 4) is 5.75 Å². The molecule has 0 aliphatic rings. The fourth-order valence-electron chi connectivity index (χ4n) is 3.17. The molecule has 6 nitrogen and oxygen atoms in total.